The molecule has 3 heterocycles. The highest BCUT2D eigenvalue weighted by atomic mass is 32.2. The third-order valence-corrected chi connectivity index (χ3v) is 6.98. The van der Waals surface area contributed by atoms with Gasteiger partial charge < -0.3 is 19.9 Å². The van der Waals surface area contributed by atoms with Crippen molar-refractivity contribution in [2.75, 3.05) is 38.6 Å². The van der Waals surface area contributed by atoms with E-state index in [1.807, 2.05) is 4.90 Å². The summed E-state index contributed by atoms with van der Waals surface area (Å²) in [5, 5.41) is 4.44. The molecule has 0 spiro atoms. The zero-order valence-electron chi connectivity index (χ0n) is 15.5. The maximum atomic E-state index is 12.6. The van der Waals surface area contributed by atoms with Crippen LogP contribution in [0.3, 0.4) is 0 Å². The molecule has 0 unspecified atom stereocenters. The molecular formula is C18H18N4O5S2. The topological polar surface area (TPSA) is 108 Å². The Balaban J connectivity index is 1.42. The Bertz CT molecular complexity index is 1100. The van der Waals surface area contributed by atoms with Crippen molar-refractivity contribution in [3.8, 4) is 0 Å². The number of amidine groups is 1. The second kappa shape index (κ2) is 7.48. The van der Waals surface area contributed by atoms with Crippen LogP contribution in [-0.2, 0) is 14.8 Å². The first kappa shape index (κ1) is 19.4. The largest absolute Gasteiger partial charge is 0.465 e. The van der Waals surface area contributed by atoms with Gasteiger partial charge >= 0.3 is 12.0 Å². The number of hydrogen-bond donors (Lipinski definition) is 1. The van der Waals surface area contributed by atoms with Crippen LogP contribution in [0.2, 0.25) is 0 Å². The van der Waals surface area contributed by atoms with E-state index in [0.29, 0.717) is 48.1 Å². The van der Waals surface area contributed by atoms with Crippen molar-refractivity contribution >= 4 is 44.9 Å². The van der Waals surface area contributed by atoms with Gasteiger partial charge in [0.1, 0.15) is 9.77 Å². The van der Waals surface area contributed by atoms with Gasteiger partial charge in [-0.1, -0.05) is 12.1 Å². The number of hydrogen-bond acceptors (Lipinski definition) is 7. The summed E-state index contributed by atoms with van der Waals surface area (Å²) in [7, 11) is -2.38. The number of nitrogens with one attached hydrogen (secondary N) is 1. The number of ether oxygens (including phenoxy) is 1. The number of thiophene rings is 1. The number of methoxy groups -OCH3 is 1. The minimum Gasteiger partial charge on any atom is -0.465 e. The molecule has 2 aliphatic heterocycles. The molecule has 9 nitrogen and oxygen atoms in total. The van der Waals surface area contributed by atoms with Crippen LogP contribution in [0.1, 0.15) is 15.2 Å². The smallest absolute Gasteiger partial charge is 0.350 e. The fourth-order valence-electron chi connectivity index (χ4n) is 3.29. The number of anilines is 1. The Morgan fingerprint density at radius 1 is 1.14 bits per heavy atom. The van der Waals surface area contributed by atoms with E-state index < -0.39 is 16.0 Å². The third kappa shape index (κ3) is 3.58. The quantitative estimate of drug-likeness (QED) is 0.723. The van der Waals surface area contributed by atoms with Crippen molar-refractivity contribution in [2.24, 2.45) is 4.40 Å². The van der Waals surface area contributed by atoms with E-state index in [9.17, 15) is 18.0 Å². The highest BCUT2D eigenvalue weighted by molar-refractivity contribution is 7.90. The van der Waals surface area contributed by atoms with Gasteiger partial charge in [0.25, 0.3) is 10.0 Å². The molecule has 0 radical (unpaired) electrons. The summed E-state index contributed by atoms with van der Waals surface area (Å²) in [6.07, 6.45) is 0. The molecule has 2 aliphatic rings. The average Bonchev–Trinajstić information content (AvgIpc) is 3.30. The molecule has 2 aromatic rings. The van der Waals surface area contributed by atoms with E-state index in [1.165, 1.54) is 18.4 Å². The molecule has 1 fully saturated rings. The average molecular weight is 434 g/mol. The lowest BCUT2D eigenvalue weighted by Gasteiger charge is -2.35. The number of rotatable bonds is 2. The molecular weight excluding hydrogens is 416 g/mol. The molecule has 1 saturated heterocycles. The van der Waals surface area contributed by atoms with Crippen molar-refractivity contribution < 1.29 is 22.7 Å². The first-order valence-electron chi connectivity index (χ1n) is 8.82. The standard InChI is InChI=1S/C18H18N4O5S2/c1-27-17(23)15-13(6-11-28-15)19-18(24)22-9-7-21(8-10-22)16-12-4-2-3-5-14(12)29(25,26)20-16/h2-6,11H,7-10H2,1H3,(H,19,24). The highest BCUT2D eigenvalue weighted by Gasteiger charge is 2.33. The fourth-order valence-corrected chi connectivity index (χ4v) is 5.28. The first-order chi connectivity index (χ1) is 13.9. The van der Waals surface area contributed by atoms with Crippen LogP contribution in [0.15, 0.2) is 45.0 Å². The number of benzene rings is 1. The molecule has 4 rings (SSSR count). The van der Waals surface area contributed by atoms with E-state index in [-0.39, 0.29) is 10.9 Å². The molecule has 1 aromatic carbocycles. The van der Waals surface area contributed by atoms with Crippen molar-refractivity contribution in [3.63, 3.8) is 0 Å². The molecule has 1 aromatic heterocycles. The summed E-state index contributed by atoms with van der Waals surface area (Å²) in [5.41, 5.74) is 1.00. The van der Waals surface area contributed by atoms with Crippen LogP contribution < -0.4 is 5.32 Å². The molecule has 0 atom stereocenters. The second-order valence-electron chi connectivity index (χ2n) is 6.45. The van der Waals surface area contributed by atoms with Crippen molar-refractivity contribution in [2.45, 2.75) is 4.90 Å². The van der Waals surface area contributed by atoms with Crippen molar-refractivity contribution in [1.29, 1.82) is 0 Å². The minimum atomic E-state index is -3.67. The number of nitrogens with zero attached hydrogens (tertiary/aromatic N) is 3. The van der Waals surface area contributed by atoms with Gasteiger partial charge in [-0.05, 0) is 23.6 Å². The summed E-state index contributed by atoms with van der Waals surface area (Å²) in [6, 6.07) is 8.06. The van der Waals surface area contributed by atoms with Gasteiger partial charge in [-0.3, -0.25) is 0 Å². The monoisotopic (exact) mass is 434 g/mol. The summed E-state index contributed by atoms with van der Waals surface area (Å²) in [5.74, 6) is -0.0780. The number of sulfonamides is 1. The normalized spacial score (nSPS) is 17.5. The van der Waals surface area contributed by atoms with Gasteiger partial charge in [-0.15, -0.1) is 15.7 Å². The lowest BCUT2D eigenvalue weighted by Crippen LogP contribution is -2.51. The molecule has 0 saturated carbocycles. The van der Waals surface area contributed by atoms with E-state index in [1.54, 1.807) is 40.6 Å². The van der Waals surface area contributed by atoms with Crippen molar-refractivity contribution in [1.82, 2.24) is 9.80 Å². The van der Waals surface area contributed by atoms with Crippen LogP contribution in [0.25, 0.3) is 0 Å². The Morgan fingerprint density at radius 3 is 2.59 bits per heavy atom. The zero-order valence-corrected chi connectivity index (χ0v) is 17.1. The predicted molar refractivity (Wildman–Crippen MR) is 108 cm³/mol. The van der Waals surface area contributed by atoms with E-state index >= 15 is 0 Å². The van der Waals surface area contributed by atoms with E-state index in [4.69, 9.17) is 4.74 Å². The molecule has 11 heteroatoms. The molecule has 0 bridgehead atoms. The Morgan fingerprint density at radius 2 is 1.86 bits per heavy atom. The maximum absolute atomic E-state index is 12.6. The molecule has 29 heavy (non-hydrogen) atoms. The number of urea groups is 1. The Labute approximate surface area is 171 Å². The summed E-state index contributed by atoms with van der Waals surface area (Å²) >= 11 is 1.19. The summed E-state index contributed by atoms with van der Waals surface area (Å²) in [6.45, 7) is 1.68. The minimum absolute atomic E-state index is 0.211. The van der Waals surface area contributed by atoms with Crippen LogP contribution in [0.4, 0.5) is 10.5 Å². The number of piperazine rings is 1. The molecule has 152 valence electrons. The van der Waals surface area contributed by atoms with E-state index in [0.717, 1.165) is 0 Å². The lowest BCUT2D eigenvalue weighted by molar-refractivity contribution is 0.0607. The number of carbonyl (C=O) groups excluding carboxylic acids is 2. The first-order valence-corrected chi connectivity index (χ1v) is 11.1. The van der Waals surface area contributed by atoms with Gasteiger partial charge in [0.05, 0.1) is 12.8 Å². The van der Waals surface area contributed by atoms with Gasteiger partial charge in [-0.25, -0.2) is 9.59 Å². The van der Waals surface area contributed by atoms with Gasteiger partial charge in [-0.2, -0.15) is 8.42 Å². The van der Waals surface area contributed by atoms with Gasteiger partial charge in [0.15, 0.2) is 5.84 Å². The van der Waals surface area contributed by atoms with Crippen LogP contribution in [0.5, 0.6) is 0 Å². The van der Waals surface area contributed by atoms with Gasteiger partial charge in [0.2, 0.25) is 0 Å². The van der Waals surface area contributed by atoms with Crippen LogP contribution in [0, 0.1) is 0 Å². The molecule has 2 amide bonds. The fraction of sp³-hybridized carbons (Fsp3) is 0.278. The number of esters is 1. The summed E-state index contributed by atoms with van der Waals surface area (Å²) < 4.78 is 33.1. The second-order valence-corrected chi connectivity index (χ2v) is 8.93. The lowest BCUT2D eigenvalue weighted by atomic mass is 10.1. The zero-order chi connectivity index (χ0) is 20.6. The Kier molecular flexibility index (Phi) is 5.01. The molecule has 1 N–H and O–H groups in total. The highest BCUT2D eigenvalue weighted by Crippen LogP contribution is 2.28. The van der Waals surface area contributed by atoms with Crippen LogP contribution in [-0.4, -0.2) is 69.3 Å². The number of carbonyl (C=O) groups is 2. The van der Waals surface area contributed by atoms with E-state index in [2.05, 4.69) is 9.71 Å². The van der Waals surface area contributed by atoms with Gasteiger partial charge in [0, 0.05) is 31.7 Å². The maximum Gasteiger partial charge on any atom is 0.350 e. The van der Waals surface area contributed by atoms with Crippen LogP contribution >= 0.6 is 11.3 Å². The molecule has 0 aliphatic carbocycles. The number of amides is 2. The SMILES string of the molecule is COC(=O)c1sccc1NC(=O)N1CCN(C2=NS(=O)(=O)c3ccccc32)CC1. The predicted octanol–water partition coefficient (Wildman–Crippen LogP) is 1.83. The third-order valence-electron chi connectivity index (χ3n) is 4.76. The number of fused-ring (bicyclic) bond motifs is 1. The summed E-state index contributed by atoms with van der Waals surface area (Å²) in [4.78, 5) is 28.4. The van der Waals surface area contributed by atoms with Crippen molar-refractivity contribution in [3.05, 3.63) is 46.2 Å². The Hall–Kier alpha value is -2.92.